The summed E-state index contributed by atoms with van der Waals surface area (Å²) in [5.41, 5.74) is 3.82. The molecule has 1 N–H and O–H groups in total. The SMILES string of the molecule is CCc1cccc(CC)c1NC(=O)C1CCCN(C2=NS(=O)(=O)c3ccccc32)C1. The zero-order valence-corrected chi connectivity index (χ0v) is 18.2. The van der Waals surface area contributed by atoms with Gasteiger partial charge in [0.2, 0.25) is 5.91 Å². The van der Waals surface area contributed by atoms with E-state index in [9.17, 15) is 13.2 Å². The van der Waals surface area contributed by atoms with Gasteiger partial charge >= 0.3 is 0 Å². The summed E-state index contributed by atoms with van der Waals surface area (Å²) in [5, 5.41) is 3.17. The summed E-state index contributed by atoms with van der Waals surface area (Å²) in [5.74, 6) is 0.239. The number of para-hydroxylation sites is 1. The van der Waals surface area contributed by atoms with Gasteiger partial charge in [0, 0.05) is 24.3 Å². The van der Waals surface area contributed by atoms with Crippen LogP contribution in [0.5, 0.6) is 0 Å². The third kappa shape index (κ3) is 3.74. The van der Waals surface area contributed by atoms with Crippen molar-refractivity contribution in [3.05, 3.63) is 59.2 Å². The summed E-state index contributed by atoms with van der Waals surface area (Å²) in [4.78, 5) is 15.3. The van der Waals surface area contributed by atoms with Gasteiger partial charge in [-0.3, -0.25) is 4.79 Å². The van der Waals surface area contributed by atoms with Crippen molar-refractivity contribution in [3.8, 4) is 0 Å². The number of carbonyl (C=O) groups excluding carboxylic acids is 1. The van der Waals surface area contributed by atoms with E-state index in [1.165, 1.54) is 0 Å². The zero-order valence-electron chi connectivity index (χ0n) is 17.4. The number of fused-ring (bicyclic) bond motifs is 1. The first-order valence-corrected chi connectivity index (χ1v) is 12.0. The Hall–Kier alpha value is -2.67. The molecule has 0 aromatic heterocycles. The van der Waals surface area contributed by atoms with Crippen molar-refractivity contribution in [3.63, 3.8) is 0 Å². The standard InChI is InChI=1S/C23H27N3O3S/c1-3-16-9-7-10-17(4-2)21(16)24-23(27)18-11-8-14-26(15-18)22-19-12-5-6-13-20(19)30(28,29)25-22/h5-7,9-10,12-13,18H,3-4,8,11,14-15H2,1-2H3,(H,24,27). The first-order chi connectivity index (χ1) is 14.4. The van der Waals surface area contributed by atoms with Crippen molar-refractivity contribution in [1.29, 1.82) is 0 Å². The number of hydrogen-bond acceptors (Lipinski definition) is 4. The van der Waals surface area contributed by atoms with Crippen LogP contribution in [0.4, 0.5) is 5.69 Å². The molecule has 2 aromatic rings. The number of rotatable bonds is 4. The predicted molar refractivity (Wildman–Crippen MR) is 118 cm³/mol. The van der Waals surface area contributed by atoms with Crippen LogP contribution < -0.4 is 5.32 Å². The summed E-state index contributed by atoms with van der Waals surface area (Å²) in [6.45, 7) is 5.33. The number of piperidine rings is 1. The number of benzene rings is 2. The summed E-state index contributed by atoms with van der Waals surface area (Å²) in [6, 6.07) is 13.0. The second-order valence-electron chi connectivity index (χ2n) is 7.82. The monoisotopic (exact) mass is 425 g/mol. The van der Waals surface area contributed by atoms with Gasteiger partial charge in [-0.05, 0) is 48.9 Å². The Labute approximate surface area is 178 Å². The van der Waals surface area contributed by atoms with Crippen molar-refractivity contribution in [2.75, 3.05) is 18.4 Å². The van der Waals surface area contributed by atoms with Crippen LogP contribution in [0, 0.1) is 5.92 Å². The number of amides is 1. The predicted octanol–water partition coefficient (Wildman–Crippen LogP) is 3.61. The molecule has 0 radical (unpaired) electrons. The van der Waals surface area contributed by atoms with Gasteiger partial charge in [-0.15, -0.1) is 4.40 Å². The lowest BCUT2D eigenvalue weighted by atomic mass is 9.95. The van der Waals surface area contributed by atoms with E-state index in [0.717, 1.165) is 42.5 Å². The summed E-state index contributed by atoms with van der Waals surface area (Å²) in [6.07, 6.45) is 3.30. The molecule has 2 aliphatic heterocycles. The van der Waals surface area contributed by atoms with Crippen LogP contribution in [-0.4, -0.2) is 38.2 Å². The number of aryl methyl sites for hydroxylation is 2. The van der Waals surface area contributed by atoms with Crippen LogP contribution in [-0.2, 0) is 27.7 Å². The van der Waals surface area contributed by atoms with E-state index >= 15 is 0 Å². The molecule has 0 bridgehead atoms. The van der Waals surface area contributed by atoms with Crippen molar-refractivity contribution in [2.24, 2.45) is 10.3 Å². The fraction of sp³-hybridized carbons (Fsp3) is 0.391. The summed E-state index contributed by atoms with van der Waals surface area (Å²) >= 11 is 0. The molecular formula is C23H27N3O3S. The quantitative estimate of drug-likeness (QED) is 0.812. The molecule has 1 unspecified atom stereocenters. The van der Waals surface area contributed by atoms with Gasteiger partial charge in [-0.1, -0.05) is 44.2 Å². The minimum Gasteiger partial charge on any atom is -0.355 e. The van der Waals surface area contributed by atoms with E-state index in [-0.39, 0.29) is 16.7 Å². The molecule has 4 rings (SSSR count). The van der Waals surface area contributed by atoms with Crippen LogP contribution >= 0.6 is 0 Å². The molecule has 30 heavy (non-hydrogen) atoms. The molecule has 0 saturated carbocycles. The number of anilines is 1. The maximum atomic E-state index is 13.1. The van der Waals surface area contributed by atoms with Gasteiger partial charge in [0.25, 0.3) is 10.0 Å². The minimum atomic E-state index is -3.66. The highest BCUT2D eigenvalue weighted by atomic mass is 32.2. The van der Waals surface area contributed by atoms with Crippen LogP contribution in [0.3, 0.4) is 0 Å². The minimum absolute atomic E-state index is 0.00922. The molecular weight excluding hydrogens is 398 g/mol. The van der Waals surface area contributed by atoms with E-state index in [4.69, 9.17) is 0 Å². The number of likely N-dealkylation sites (tertiary alicyclic amines) is 1. The molecule has 1 fully saturated rings. The van der Waals surface area contributed by atoms with Crippen LogP contribution in [0.2, 0.25) is 0 Å². The molecule has 1 atom stereocenters. The highest BCUT2D eigenvalue weighted by Gasteiger charge is 2.35. The van der Waals surface area contributed by atoms with Gasteiger partial charge in [-0.25, -0.2) is 0 Å². The lowest BCUT2D eigenvalue weighted by Crippen LogP contribution is -2.43. The number of nitrogens with zero attached hydrogens (tertiary/aromatic N) is 2. The van der Waals surface area contributed by atoms with Crippen molar-refractivity contribution < 1.29 is 13.2 Å². The lowest BCUT2D eigenvalue weighted by molar-refractivity contribution is -0.121. The first-order valence-electron chi connectivity index (χ1n) is 10.6. The van der Waals surface area contributed by atoms with Gasteiger partial charge in [0.05, 0.1) is 5.92 Å². The zero-order chi connectivity index (χ0) is 21.3. The smallest absolute Gasteiger partial charge is 0.285 e. The summed E-state index contributed by atoms with van der Waals surface area (Å²) < 4.78 is 28.8. The molecule has 0 spiro atoms. The average Bonchev–Trinajstić information content (AvgIpc) is 3.05. The van der Waals surface area contributed by atoms with Crippen molar-refractivity contribution in [1.82, 2.24) is 4.90 Å². The molecule has 158 valence electrons. The molecule has 2 aliphatic rings. The maximum Gasteiger partial charge on any atom is 0.285 e. The Morgan fingerprint density at radius 1 is 1.10 bits per heavy atom. The fourth-order valence-corrected chi connectivity index (χ4v) is 5.56. The summed E-state index contributed by atoms with van der Waals surface area (Å²) in [7, 11) is -3.66. The lowest BCUT2D eigenvalue weighted by Gasteiger charge is -2.33. The van der Waals surface area contributed by atoms with E-state index in [1.54, 1.807) is 18.2 Å². The molecule has 6 nitrogen and oxygen atoms in total. The van der Waals surface area contributed by atoms with Gasteiger partial charge in [0.1, 0.15) is 4.90 Å². The highest BCUT2D eigenvalue weighted by Crippen LogP contribution is 2.30. The van der Waals surface area contributed by atoms with Gasteiger partial charge in [0.15, 0.2) is 5.84 Å². The van der Waals surface area contributed by atoms with Crippen LogP contribution in [0.25, 0.3) is 0 Å². The Morgan fingerprint density at radius 3 is 2.50 bits per heavy atom. The van der Waals surface area contributed by atoms with Gasteiger partial charge in [-0.2, -0.15) is 8.42 Å². The maximum absolute atomic E-state index is 13.1. The molecule has 2 aromatic carbocycles. The van der Waals surface area contributed by atoms with Crippen molar-refractivity contribution in [2.45, 2.75) is 44.4 Å². The third-order valence-electron chi connectivity index (χ3n) is 5.95. The second-order valence-corrected chi connectivity index (χ2v) is 9.39. The largest absolute Gasteiger partial charge is 0.355 e. The van der Waals surface area contributed by atoms with E-state index in [2.05, 4.69) is 35.7 Å². The van der Waals surface area contributed by atoms with E-state index in [0.29, 0.717) is 24.5 Å². The Balaban J connectivity index is 1.55. The first kappa shape index (κ1) is 20.6. The number of nitrogens with one attached hydrogen (secondary N) is 1. The van der Waals surface area contributed by atoms with Crippen LogP contribution in [0.15, 0.2) is 51.8 Å². The number of carbonyl (C=O) groups is 1. The molecule has 1 amide bonds. The van der Waals surface area contributed by atoms with E-state index in [1.807, 2.05) is 17.0 Å². The molecule has 7 heteroatoms. The number of amidine groups is 1. The van der Waals surface area contributed by atoms with Crippen LogP contribution in [0.1, 0.15) is 43.4 Å². The Bertz CT molecular complexity index is 1090. The van der Waals surface area contributed by atoms with Gasteiger partial charge < -0.3 is 10.2 Å². The average molecular weight is 426 g/mol. The Kier molecular flexibility index (Phi) is 5.64. The molecule has 1 saturated heterocycles. The molecule has 2 heterocycles. The topological polar surface area (TPSA) is 78.8 Å². The Morgan fingerprint density at radius 2 is 1.80 bits per heavy atom. The van der Waals surface area contributed by atoms with Crippen molar-refractivity contribution >= 4 is 27.5 Å². The third-order valence-corrected chi connectivity index (χ3v) is 7.28. The van der Waals surface area contributed by atoms with E-state index < -0.39 is 10.0 Å². The normalized spacial score (nSPS) is 19.9. The highest BCUT2D eigenvalue weighted by molar-refractivity contribution is 7.90. The second kappa shape index (κ2) is 8.22. The number of sulfonamides is 1. The molecule has 0 aliphatic carbocycles. The fourth-order valence-electron chi connectivity index (χ4n) is 4.33. The number of hydrogen-bond donors (Lipinski definition) is 1.